The first kappa shape index (κ1) is 16.6. The molecule has 2 aliphatic rings. The molecule has 1 N–H and O–H groups in total. The predicted octanol–water partition coefficient (Wildman–Crippen LogP) is 3.69. The van der Waals surface area contributed by atoms with Crippen molar-refractivity contribution in [3.63, 3.8) is 0 Å². The zero-order valence-electron chi connectivity index (χ0n) is 14.9. The van der Waals surface area contributed by atoms with Gasteiger partial charge in [-0.05, 0) is 56.2 Å². The van der Waals surface area contributed by atoms with Crippen LogP contribution in [0.4, 0.5) is 5.82 Å². The Morgan fingerprint density at radius 1 is 1.22 bits per heavy atom. The molecule has 1 aliphatic carbocycles. The number of carboxylic acids is 1. The highest BCUT2D eigenvalue weighted by atomic mass is 32.1. The van der Waals surface area contributed by atoms with E-state index in [1.807, 2.05) is 17.0 Å². The van der Waals surface area contributed by atoms with Crippen LogP contribution < -0.4 is 4.90 Å². The highest BCUT2D eigenvalue weighted by molar-refractivity contribution is 7.19. The molecule has 1 atom stereocenters. The van der Waals surface area contributed by atoms with Crippen LogP contribution in [-0.2, 0) is 17.6 Å². The third-order valence-electron chi connectivity index (χ3n) is 5.53. The van der Waals surface area contributed by atoms with Gasteiger partial charge in [0, 0.05) is 29.4 Å². The molecule has 27 heavy (non-hydrogen) atoms. The zero-order valence-corrected chi connectivity index (χ0v) is 15.7. The lowest BCUT2D eigenvalue weighted by Gasteiger charge is -2.24. The second kappa shape index (κ2) is 6.56. The Hall–Kier alpha value is -2.54. The quantitative estimate of drug-likeness (QED) is 0.747. The fraction of sp³-hybridized carbons (Fsp3) is 0.400. The fourth-order valence-corrected chi connectivity index (χ4v) is 5.50. The molecule has 138 valence electrons. The number of aliphatic carboxylic acids is 1. The van der Waals surface area contributed by atoms with E-state index in [0.717, 1.165) is 47.4 Å². The standard InChI is InChI=1S/C20H20N4O2S/c25-20(26)14-7-4-10-24(14)18-16-13-6-1-2-8-15(13)27-19(16)23-17(22-18)12-5-3-9-21-11-12/h3,5,9,11,14H,1-2,4,6-8,10H2,(H,25,26)/t14-/m1/s1. The molecule has 0 aromatic carbocycles. The van der Waals surface area contributed by atoms with Crippen LogP contribution >= 0.6 is 11.3 Å². The van der Waals surface area contributed by atoms with Crippen LogP contribution in [-0.4, -0.2) is 38.6 Å². The van der Waals surface area contributed by atoms with Gasteiger partial charge in [-0.3, -0.25) is 4.98 Å². The smallest absolute Gasteiger partial charge is 0.326 e. The Bertz CT molecular complexity index is 1020. The van der Waals surface area contributed by atoms with Crippen LogP contribution in [0.15, 0.2) is 24.5 Å². The van der Waals surface area contributed by atoms with Gasteiger partial charge in [0.15, 0.2) is 5.82 Å². The van der Waals surface area contributed by atoms with E-state index in [1.54, 1.807) is 23.7 Å². The summed E-state index contributed by atoms with van der Waals surface area (Å²) in [6, 6.07) is 3.31. The van der Waals surface area contributed by atoms with Crippen molar-refractivity contribution in [2.75, 3.05) is 11.4 Å². The number of rotatable bonds is 3. The maximum Gasteiger partial charge on any atom is 0.326 e. The summed E-state index contributed by atoms with van der Waals surface area (Å²) in [5.74, 6) is 0.648. The van der Waals surface area contributed by atoms with E-state index in [2.05, 4.69) is 4.98 Å². The summed E-state index contributed by atoms with van der Waals surface area (Å²) >= 11 is 1.75. The minimum Gasteiger partial charge on any atom is -0.480 e. The Morgan fingerprint density at radius 2 is 2.11 bits per heavy atom. The fourth-order valence-electron chi connectivity index (χ4n) is 4.25. The summed E-state index contributed by atoms with van der Waals surface area (Å²) in [6.45, 7) is 0.722. The number of hydrogen-bond acceptors (Lipinski definition) is 6. The van der Waals surface area contributed by atoms with E-state index in [9.17, 15) is 9.90 Å². The van der Waals surface area contributed by atoms with Crippen LogP contribution in [0.25, 0.3) is 21.6 Å². The van der Waals surface area contributed by atoms with E-state index >= 15 is 0 Å². The number of thiophene rings is 1. The molecule has 6 nitrogen and oxygen atoms in total. The zero-order chi connectivity index (χ0) is 18.4. The van der Waals surface area contributed by atoms with Crippen molar-refractivity contribution >= 4 is 33.3 Å². The van der Waals surface area contributed by atoms with Gasteiger partial charge in [-0.1, -0.05) is 0 Å². The highest BCUT2D eigenvalue weighted by Gasteiger charge is 2.34. The number of pyridine rings is 1. The molecule has 1 aliphatic heterocycles. The maximum absolute atomic E-state index is 11.8. The SMILES string of the molecule is O=C(O)[C@H]1CCCN1c1nc(-c2cccnc2)nc2sc3c(c12)CCCC3. The van der Waals surface area contributed by atoms with Crippen molar-refractivity contribution in [3.05, 3.63) is 35.0 Å². The van der Waals surface area contributed by atoms with Gasteiger partial charge in [-0.15, -0.1) is 11.3 Å². The summed E-state index contributed by atoms with van der Waals surface area (Å²) in [6.07, 6.45) is 9.52. The minimum atomic E-state index is -0.772. The Morgan fingerprint density at radius 3 is 2.93 bits per heavy atom. The second-order valence-electron chi connectivity index (χ2n) is 7.19. The molecule has 0 unspecified atom stereocenters. The van der Waals surface area contributed by atoms with E-state index in [-0.39, 0.29) is 0 Å². The summed E-state index contributed by atoms with van der Waals surface area (Å²) in [5, 5.41) is 10.8. The molecule has 5 rings (SSSR count). The lowest BCUT2D eigenvalue weighted by molar-refractivity contribution is -0.138. The average molecular weight is 380 g/mol. The van der Waals surface area contributed by atoms with Crippen molar-refractivity contribution in [1.82, 2.24) is 15.0 Å². The Balaban J connectivity index is 1.75. The molecule has 3 aromatic heterocycles. The normalized spacial score (nSPS) is 19.4. The summed E-state index contributed by atoms with van der Waals surface area (Å²) in [5.41, 5.74) is 2.20. The second-order valence-corrected chi connectivity index (χ2v) is 8.28. The topological polar surface area (TPSA) is 79.2 Å². The molecule has 0 saturated carbocycles. The van der Waals surface area contributed by atoms with Crippen LogP contribution in [0.2, 0.25) is 0 Å². The number of anilines is 1. The lowest BCUT2D eigenvalue weighted by atomic mass is 9.96. The van der Waals surface area contributed by atoms with E-state index in [1.165, 1.54) is 23.3 Å². The minimum absolute atomic E-state index is 0.510. The molecule has 4 heterocycles. The number of aromatic nitrogens is 3. The first-order valence-electron chi connectivity index (χ1n) is 9.44. The highest BCUT2D eigenvalue weighted by Crippen LogP contribution is 2.42. The third kappa shape index (κ3) is 2.77. The average Bonchev–Trinajstić information content (AvgIpc) is 3.32. The van der Waals surface area contributed by atoms with E-state index < -0.39 is 12.0 Å². The van der Waals surface area contributed by atoms with Gasteiger partial charge >= 0.3 is 5.97 Å². The van der Waals surface area contributed by atoms with E-state index in [0.29, 0.717) is 12.2 Å². The third-order valence-corrected chi connectivity index (χ3v) is 6.71. The molecule has 0 spiro atoms. The number of carbonyl (C=O) groups is 1. The van der Waals surface area contributed by atoms with Gasteiger partial charge in [0.2, 0.25) is 0 Å². The summed E-state index contributed by atoms with van der Waals surface area (Å²) < 4.78 is 0. The van der Waals surface area contributed by atoms with Crippen LogP contribution in [0, 0.1) is 0 Å². The molecular formula is C20H20N4O2S. The van der Waals surface area contributed by atoms with Crippen molar-refractivity contribution < 1.29 is 9.90 Å². The van der Waals surface area contributed by atoms with Gasteiger partial charge in [-0.25, -0.2) is 14.8 Å². The number of carboxylic acid groups (broad SMARTS) is 1. The summed E-state index contributed by atoms with van der Waals surface area (Å²) in [4.78, 5) is 30.1. The molecular weight excluding hydrogens is 360 g/mol. The van der Waals surface area contributed by atoms with Crippen LogP contribution in [0.5, 0.6) is 0 Å². The first-order valence-corrected chi connectivity index (χ1v) is 10.3. The number of hydrogen-bond donors (Lipinski definition) is 1. The molecule has 0 bridgehead atoms. The number of nitrogens with zero attached hydrogens (tertiary/aromatic N) is 4. The van der Waals surface area contributed by atoms with Gasteiger partial charge in [0.05, 0.1) is 5.39 Å². The van der Waals surface area contributed by atoms with Crippen molar-refractivity contribution in [2.24, 2.45) is 0 Å². The molecule has 0 amide bonds. The predicted molar refractivity (Wildman–Crippen MR) is 105 cm³/mol. The number of fused-ring (bicyclic) bond motifs is 3. The van der Waals surface area contributed by atoms with Crippen molar-refractivity contribution in [2.45, 2.75) is 44.6 Å². The molecule has 0 radical (unpaired) electrons. The lowest BCUT2D eigenvalue weighted by Crippen LogP contribution is -2.36. The Labute approximate surface area is 160 Å². The van der Waals surface area contributed by atoms with E-state index in [4.69, 9.17) is 9.97 Å². The van der Waals surface area contributed by atoms with Gasteiger partial charge < -0.3 is 10.0 Å². The van der Waals surface area contributed by atoms with Gasteiger partial charge in [-0.2, -0.15) is 0 Å². The molecule has 1 saturated heterocycles. The van der Waals surface area contributed by atoms with Crippen molar-refractivity contribution in [3.8, 4) is 11.4 Å². The first-order chi connectivity index (χ1) is 13.2. The summed E-state index contributed by atoms with van der Waals surface area (Å²) in [7, 11) is 0. The van der Waals surface area contributed by atoms with Crippen molar-refractivity contribution in [1.29, 1.82) is 0 Å². The molecule has 3 aromatic rings. The van der Waals surface area contributed by atoms with Gasteiger partial charge in [0.25, 0.3) is 0 Å². The maximum atomic E-state index is 11.8. The molecule has 7 heteroatoms. The number of aryl methyl sites for hydroxylation is 2. The monoisotopic (exact) mass is 380 g/mol. The molecule has 1 fully saturated rings. The van der Waals surface area contributed by atoms with Crippen LogP contribution in [0.3, 0.4) is 0 Å². The largest absolute Gasteiger partial charge is 0.480 e. The Kier molecular flexibility index (Phi) is 4.04. The van der Waals surface area contributed by atoms with Gasteiger partial charge in [0.1, 0.15) is 16.7 Å². The van der Waals surface area contributed by atoms with Crippen LogP contribution in [0.1, 0.15) is 36.1 Å².